The molecular weight excluding hydrogens is 341 g/mol. The van der Waals surface area contributed by atoms with Crippen LogP contribution in [0.1, 0.15) is 19.3 Å². The first-order valence-electron chi connectivity index (χ1n) is 8.08. The molecule has 0 aliphatic heterocycles. The van der Waals surface area contributed by atoms with Crippen molar-refractivity contribution in [2.75, 3.05) is 19.0 Å². The van der Waals surface area contributed by atoms with Crippen molar-refractivity contribution in [2.45, 2.75) is 19.3 Å². The Bertz CT molecular complexity index is 720. The monoisotopic (exact) mass is 361 g/mol. The number of rotatable bonds is 8. The largest absolute Gasteiger partial charge is 0.469 e. The van der Waals surface area contributed by atoms with Crippen molar-refractivity contribution < 1.29 is 23.5 Å². The van der Waals surface area contributed by atoms with E-state index >= 15 is 0 Å². The summed E-state index contributed by atoms with van der Waals surface area (Å²) in [6, 6.07) is 8.45. The van der Waals surface area contributed by atoms with Gasteiger partial charge in [-0.3, -0.25) is 4.79 Å². The van der Waals surface area contributed by atoms with Gasteiger partial charge in [0.15, 0.2) is 0 Å². The summed E-state index contributed by atoms with van der Waals surface area (Å²) in [6.45, 7) is 0.446. The van der Waals surface area contributed by atoms with Crippen LogP contribution in [0.3, 0.4) is 0 Å². The fourth-order valence-corrected chi connectivity index (χ4v) is 2.01. The predicted octanol–water partition coefficient (Wildman–Crippen LogP) is 3.48. The number of unbranched alkanes of at least 4 members (excludes halogenated alkanes) is 1. The topological polar surface area (TPSA) is 89.5 Å². The Balaban J connectivity index is 1.71. The third-order valence-corrected chi connectivity index (χ3v) is 3.35. The summed E-state index contributed by atoms with van der Waals surface area (Å²) >= 11 is 0. The number of nitrogens with one attached hydrogen (secondary N) is 2. The molecule has 2 aromatic rings. The Hall–Kier alpha value is -3.16. The van der Waals surface area contributed by atoms with Crippen molar-refractivity contribution >= 4 is 17.7 Å². The molecule has 1 heterocycles. The van der Waals surface area contributed by atoms with Crippen molar-refractivity contribution in [1.29, 1.82) is 0 Å². The third-order valence-electron chi connectivity index (χ3n) is 3.35. The van der Waals surface area contributed by atoms with E-state index in [2.05, 4.69) is 20.4 Å². The van der Waals surface area contributed by atoms with Crippen molar-refractivity contribution in [3.8, 4) is 11.6 Å². The molecule has 0 radical (unpaired) electrons. The number of esters is 1. The number of carbonyl (C=O) groups is 2. The lowest BCUT2D eigenvalue weighted by Gasteiger charge is -2.08. The van der Waals surface area contributed by atoms with Crippen LogP contribution >= 0.6 is 0 Å². The fourth-order valence-electron chi connectivity index (χ4n) is 2.01. The molecule has 1 aromatic carbocycles. The van der Waals surface area contributed by atoms with E-state index in [0.717, 1.165) is 0 Å². The lowest BCUT2D eigenvalue weighted by atomic mass is 10.2. The van der Waals surface area contributed by atoms with Gasteiger partial charge in [0.05, 0.1) is 19.0 Å². The molecule has 0 unspecified atom stereocenters. The Morgan fingerprint density at radius 3 is 2.54 bits per heavy atom. The van der Waals surface area contributed by atoms with Crippen LogP contribution in [-0.2, 0) is 9.53 Å². The first kappa shape index (κ1) is 19.2. The molecule has 0 bridgehead atoms. The van der Waals surface area contributed by atoms with Gasteiger partial charge in [-0.25, -0.2) is 14.2 Å². The smallest absolute Gasteiger partial charge is 0.319 e. The maximum atomic E-state index is 12.8. The minimum Gasteiger partial charge on any atom is -0.469 e. The van der Waals surface area contributed by atoms with E-state index in [1.165, 1.54) is 37.6 Å². The summed E-state index contributed by atoms with van der Waals surface area (Å²) in [5.41, 5.74) is 0.503. The molecule has 8 heteroatoms. The standard InChI is InChI=1S/C18H20FN3O4/c1-25-17(23)4-2-3-11-20-18(24)22-14-7-10-16(21-12-14)26-15-8-5-13(19)6-9-15/h5-10,12H,2-4,11H2,1H3,(H2,20,22,24). The zero-order valence-electron chi connectivity index (χ0n) is 14.3. The number of anilines is 1. The number of hydrogen-bond donors (Lipinski definition) is 2. The lowest BCUT2D eigenvalue weighted by Crippen LogP contribution is -2.29. The number of aromatic nitrogens is 1. The minimum atomic E-state index is -0.364. The minimum absolute atomic E-state index is 0.261. The molecule has 0 aliphatic rings. The molecular formula is C18H20FN3O4. The van der Waals surface area contributed by atoms with E-state index in [9.17, 15) is 14.0 Å². The van der Waals surface area contributed by atoms with Gasteiger partial charge in [-0.15, -0.1) is 0 Å². The molecule has 7 nitrogen and oxygen atoms in total. The maximum absolute atomic E-state index is 12.8. The van der Waals surface area contributed by atoms with Crippen LogP contribution in [0, 0.1) is 5.82 Å². The zero-order valence-corrected chi connectivity index (χ0v) is 14.3. The molecule has 26 heavy (non-hydrogen) atoms. The number of ether oxygens (including phenoxy) is 2. The molecule has 2 amide bonds. The quantitative estimate of drug-likeness (QED) is 0.555. The SMILES string of the molecule is COC(=O)CCCCNC(=O)Nc1ccc(Oc2ccc(F)cc2)nc1. The Labute approximate surface area is 150 Å². The number of methoxy groups -OCH3 is 1. The number of nitrogens with zero attached hydrogens (tertiary/aromatic N) is 1. The van der Waals surface area contributed by atoms with Crippen molar-refractivity contribution in [2.24, 2.45) is 0 Å². The second-order valence-corrected chi connectivity index (χ2v) is 5.36. The maximum Gasteiger partial charge on any atom is 0.319 e. The van der Waals surface area contributed by atoms with Crippen molar-refractivity contribution in [3.05, 3.63) is 48.4 Å². The molecule has 0 saturated carbocycles. The van der Waals surface area contributed by atoms with Crippen LogP contribution in [0.15, 0.2) is 42.6 Å². The van der Waals surface area contributed by atoms with Crippen molar-refractivity contribution in [3.63, 3.8) is 0 Å². The number of benzene rings is 1. The molecule has 1 aromatic heterocycles. The van der Waals surface area contributed by atoms with E-state index in [1.54, 1.807) is 12.1 Å². The number of urea groups is 1. The first-order valence-corrected chi connectivity index (χ1v) is 8.08. The summed E-state index contributed by atoms with van der Waals surface area (Å²) in [6.07, 6.45) is 3.10. The van der Waals surface area contributed by atoms with Crippen LogP contribution in [0.4, 0.5) is 14.9 Å². The van der Waals surface area contributed by atoms with Gasteiger partial charge in [0.2, 0.25) is 5.88 Å². The van der Waals surface area contributed by atoms with Gasteiger partial charge < -0.3 is 20.1 Å². The highest BCUT2D eigenvalue weighted by Gasteiger charge is 2.04. The molecule has 138 valence electrons. The molecule has 2 N–H and O–H groups in total. The van der Waals surface area contributed by atoms with Crippen LogP contribution in [0.5, 0.6) is 11.6 Å². The van der Waals surface area contributed by atoms with Gasteiger partial charge in [-0.2, -0.15) is 0 Å². The van der Waals surface area contributed by atoms with E-state index in [0.29, 0.717) is 43.1 Å². The Kier molecular flexibility index (Phi) is 7.35. The van der Waals surface area contributed by atoms with Crippen LogP contribution in [0.2, 0.25) is 0 Å². The highest BCUT2D eigenvalue weighted by atomic mass is 19.1. The van der Waals surface area contributed by atoms with Crippen molar-refractivity contribution in [1.82, 2.24) is 10.3 Å². The average Bonchev–Trinajstić information content (AvgIpc) is 2.64. The van der Waals surface area contributed by atoms with E-state index in [4.69, 9.17) is 4.74 Å². The molecule has 0 fully saturated rings. The number of hydrogen-bond acceptors (Lipinski definition) is 5. The van der Waals surface area contributed by atoms with Gasteiger partial charge in [0.1, 0.15) is 11.6 Å². The lowest BCUT2D eigenvalue weighted by molar-refractivity contribution is -0.140. The van der Waals surface area contributed by atoms with Gasteiger partial charge >= 0.3 is 12.0 Å². The first-order chi connectivity index (χ1) is 12.6. The highest BCUT2D eigenvalue weighted by molar-refractivity contribution is 5.88. The van der Waals surface area contributed by atoms with Crippen LogP contribution in [0.25, 0.3) is 0 Å². The number of amides is 2. The Morgan fingerprint density at radius 1 is 1.12 bits per heavy atom. The summed E-state index contributed by atoms with van der Waals surface area (Å²) < 4.78 is 22.9. The molecule has 0 aliphatic carbocycles. The molecule has 0 saturated heterocycles. The van der Waals surface area contributed by atoms with Crippen LogP contribution < -0.4 is 15.4 Å². The zero-order chi connectivity index (χ0) is 18.8. The third kappa shape index (κ3) is 6.76. The molecule has 0 spiro atoms. The van der Waals surface area contributed by atoms with E-state index in [-0.39, 0.29) is 17.8 Å². The number of pyridine rings is 1. The summed E-state index contributed by atoms with van der Waals surface area (Å²) in [5.74, 6) is 0.180. The van der Waals surface area contributed by atoms with Gasteiger partial charge in [0, 0.05) is 19.0 Å². The fraction of sp³-hybridized carbons (Fsp3) is 0.278. The summed E-state index contributed by atoms with van der Waals surface area (Å²) in [5, 5.41) is 5.33. The second kappa shape index (κ2) is 9.97. The predicted molar refractivity (Wildman–Crippen MR) is 93.6 cm³/mol. The van der Waals surface area contributed by atoms with Crippen LogP contribution in [-0.4, -0.2) is 30.6 Å². The number of carbonyl (C=O) groups excluding carboxylic acids is 2. The molecule has 2 rings (SSSR count). The van der Waals surface area contributed by atoms with Gasteiger partial charge in [-0.1, -0.05) is 0 Å². The van der Waals surface area contributed by atoms with E-state index in [1.807, 2.05) is 0 Å². The highest BCUT2D eigenvalue weighted by Crippen LogP contribution is 2.20. The van der Waals surface area contributed by atoms with Gasteiger partial charge in [-0.05, 0) is 43.2 Å². The average molecular weight is 361 g/mol. The van der Waals surface area contributed by atoms with E-state index < -0.39 is 0 Å². The number of halogens is 1. The van der Waals surface area contributed by atoms with Gasteiger partial charge in [0.25, 0.3) is 0 Å². The second-order valence-electron chi connectivity index (χ2n) is 5.36. The summed E-state index contributed by atoms with van der Waals surface area (Å²) in [4.78, 5) is 26.8. The normalized spacial score (nSPS) is 10.1. The summed E-state index contributed by atoms with van der Waals surface area (Å²) in [7, 11) is 1.35. The Morgan fingerprint density at radius 2 is 1.88 bits per heavy atom. The molecule has 0 atom stereocenters.